The molecule has 0 aliphatic rings. The van der Waals surface area contributed by atoms with Gasteiger partial charge in [0.2, 0.25) is 0 Å². The van der Waals surface area contributed by atoms with E-state index in [2.05, 4.69) is 0 Å². The third-order valence-corrected chi connectivity index (χ3v) is 1.94. The van der Waals surface area contributed by atoms with Crippen molar-refractivity contribution in [1.29, 1.82) is 0 Å². The maximum absolute atomic E-state index is 12.9. The van der Waals surface area contributed by atoms with Crippen LogP contribution in [0.1, 0.15) is 31.1 Å². The van der Waals surface area contributed by atoms with Crippen LogP contribution >= 0.6 is 0 Å². The van der Waals surface area contributed by atoms with E-state index in [1.54, 1.807) is 19.1 Å². The van der Waals surface area contributed by atoms with Crippen LogP contribution in [0.2, 0.25) is 0 Å². The number of aliphatic hydroxyl groups is 1. The molecule has 0 aromatic heterocycles. The summed E-state index contributed by atoms with van der Waals surface area (Å²) in [5.74, 6) is 0. The van der Waals surface area contributed by atoms with Crippen molar-refractivity contribution in [2.24, 2.45) is 0 Å². The Balaban J connectivity index is 2.79. The average Bonchev–Trinajstić information content (AvgIpc) is 2.03. The van der Waals surface area contributed by atoms with Crippen LogP contribution in [0.3, 0.4) is 0 Å². The minimum absolute atomic E-state index is 0.370. The van der Waals surface area contributed by atoms with Gasteiger partial charge in [0.05, 0.1) is 6.10 Å². The molecule has 0 aliphatic carbocycles. The first-order valence-corrected chi connectivity index (χ1v) is 4.50. The lowest BCUT2D eigenvalue weighted by Crippen LogP contribution is -2.04. The van der Waals surface area contributed by atoms with Crippen LogP contribution in [0.5, 0.6) is 0 Å². The van der Waals surface area contributed by atoms with Gasteiger partial charge in [-0.15, -0.1) is 0 Å². The second kappa shape index (κ2) is 4.38. The van der Waals surface area contributed by atoms with Gasteiger partial charge in [0.15, 0.2) is 0 Å². The maximum Gasteiger partial charge on any atom is 0.122 e. The molecule has 1 N–H and O–H groups in total. The third kappa shape index (κ3) is 3.15. The lowest BCUT2D eigenvalue weighted by Gasteiger charge is -2.07. The van der Waals surface area contributed by atoms with Gasteiger partial charge >= 0.3 is 0 Å². The zero-order valence-corrected chi connectivity index (χ0v) is 8.00. The standard InChI is InChI=1S/C11H15FO/c1-8(13)6-10-4-3-5-11(7-10)9(2)12/h3-5,7-9,13H,6H2,1-2H3. The summed E-state index contributed by atoms with van der Waals surface area (Å²) >= 11 is 0. The van der Waals surface area contributed by atoms with Crippen LogP contribution < -0.4 is 0 Å². The summed E-state index contributed by atoms with van der Waals surface area (Å²) in [6.07, 6.45) is -0.722. The van der Waals surface area contributed by atoms with E-state index in [0.29, 0.717) is 12.0 Å². The number of halogens is 1. The Kier molecular flexibility index (Phi) is 3.43. The first-order valence-electron chi connectivity index (χ1n) is 4.50. The lowest BCUT2D eigenvalue weighted by molar-refractivity contribution is 0.195. The van der Waals surface area contributed by atoms with Crippen LogP contribution in [0.15, 0.2) is 24.3 Å². The summed E-state index contributed by atoms with van der Waals surface area (Å²) in [4.78, 5) is 0. The van der Waals surface area contributed by atoms with E-state index in [9.17, 15) is 4.39 Å². The Morgan fingerprint density at radius 3 is 2.62 bits per heavy atom. The number of alkyl halides is 1. The van der Waals surface area contributed by atoms with Gasteiger partial charge in [-0.25, -0.2) is 4.39 Å². The van der Waals surface area contributed by atoms with Crippen LogP contribution in [0.4, 0.5) is 4.39 Å². The maximum atomic E-state index is 12.9. The molecule has 0 saturated heterocycles. The molecular formula is C11H15FO. The Hall–Kier alpha value is -0.890. The molecule has 1 nitrogen and oxygen atoms in total. The fourth-order valence-electron chi connectivity index (χ4n) is 1.31. The van der Waals surface area contributed by atoms with Crippen molar-refractivity contribution in [3.8, 4) is 0 Å². The van der Waals surface area contributed by atoms with Crippen molar-refractivity contribution in [3.63, 3.8) is 0 Å². The van der Waals surface area contributed by atoms with Crippen LogP contribution in [0.25, 0.3) is 0 Å². The SMILES string of the molecule is CC(O)Cc1cccc(C(C)F)c1. The Morgan fingerprint density at radius 1 is 1.38 bits per heavy atom. The third-order valence-electron chi connectivity index (χ3n) is 1.94. The van der Waals surface area contributed by atoms with E-state index >= 15 is 0 Å². The van der Waals surface area contributed by atoms with Crippen molar-refractivity contribution in [1.82, 2.24) is 0 Å². The van der Waals surface area contributed by atoms with Crippen molar-refractivity contribution < 1.29 is 9.50 Å². The van der Waals surface area contributed by atoms with Gasteiger partial charge in [0.1, 0.15) is 6.17 Å². The van der Waals surface area contributed by atoms with E-state index in [4.69, 9.17) is 5.11 Å². The molecular weight excluding hydrogens is 167 g/mol. The summed E-state index contributed by atoms with van der Waals surface area (Å²) < 4.78 is 12.9. The highest BCUT2D eigenvalue weighted by Gasteiger charge is 2.04. The van der Waals surface area contributed by atoms with Gasteiger partial charge in [0.25, 0.3) is 0 Å². The zero-order valence-electron chi connectivity index (χ0n) is 8.00. The average molecular weight is 182 g/mol. The van der Waals surface area contributed by atoms with Gasteiger partial charge in [-0.1, -0.05) is 24.3 Å². The van der Waals surface area contributed by atoms with Gasteiger partial charge in [0, 0.05) is 0 Å². The predicted molar refractivity (Wildman–Crippen MR) is 51.3 cm³/mol. The minimum atomic E-state index is -0.936. The number of hydrogen-bond donors (Lipinski definition) is 1. The first kappa shape index (κ1) is 10.2. The molecule has 2 heteroatoms. The highest BCUT2D eigenvalue weighted by Crippen LogP contribution is 2.17. The van der Waals surface area contributed by atoms with E-state index in [-0.39, 0.29) is 6.10 Å². The molecule has 1 aromatic carbocycles. The second-order valence-corrected chi connectivity index (χ2v) is 3.41. The summed E-state index contributed by atoms with van der Waals surface area (Å²) in [6.45, 7) is 3.24. The molecule has 0 fully saturated rings. The van der Waals surface area contributed by atoms with E-state index < -0.39 is 6.17 Å². The molecule has 0 bridgehead atoms. The summed E-state index contributed by atoms with van der Waals surface area (Å²) in [6, 6.07) is 7.29. The Bertz CT molecular complexity index is 269. The van der Waals surface area contributed by atoms with Gasteiger partial charge in [-0.2, -0.15) is 0 Å². The number of rotatable bonds is 3. The minimum Gasteiger partial charge on any atom is -0.393 e. The molecule has 2 atom stereocenters. The quantitative estimate of drug-likeness (QED) is 0.761. The number of hydrogen-bond acceptors (Lipinski definition) is 1. The van der Waals surface area contributed by atoms with Crippen molar-refractivity contribution in [2.45, 2.75) is 32.5 Å². The molecule has 0 amide bonds. The molecule has 13 heavy (non-hydrogen) atoms. The Labute approximate surface area is 78.2 Å². The van der Waals surface area contributed by atoms with Gasteiger partial charge < -0.3 is 5.11 Å². The van der Waals surface area contributed by atoms with Crippen LogP contribution in [-0.4, -0.2) is 11.2 Å². The summed E-state index contributed by atoms with van der Waals surface area (Å²) in [5, 5.41) is 9.14. The zero-order chi connectivity index (χ0) is 9.84. The summed E-state index contributed by atoms with van der Waals surface area (Å²) in [5.41, 5.74) is 1.66. The predicted octanol–water partition coefficient (Wildman–Crippen LogP) is 2.64. The van der Waals surface area contributed by atoms with Crippen molar-refractivity contribution in [3.05, 3.63) is 35.4 Å². The highest BCUT2D eigenvalue weighted by molar-refractivity contribution is 5.25. The molecule has 0 heterocycles. The largest absolute Gasteiger partial charge is 0.393 e. The molecule has 0 aliphatic heterocycles. The first-order chi connectivity index (χ1) is 6.09. The monoisotopic (exact) mass is 182 g/mol. The Morgan fingerprint density at radius 2 is 2.08 bits per heavy atom. The van der Waals surface area contributed by atoms with E-state index in [1.165, 1.54) is 6.92 Å². The van der Waals surface area contributed by atoms with E-state index in [0.717, 1.165) is 5.56 Å². The molecule has 0 spiro atoms. The number of benzene rings is 1. The molecule has 0 saturated carbocycles. The molecule has 1 aromatic rings. The van der Waals surface area contributed by atoms with Gasteiger partial charge in [-0.3, -0.25) is 0 Å². The van der Waals surface area contributed by atoms with Crippen LogP contribution in [-0.2, 0) is 6.42 Å². The number of aliphatic hydroxyl groups excluding tert-OH is 1. The molecule has 0 radical (unpaired) electrons. The normalized spacial score (nSPS) is 15.4. The van der Waals surface area contributed by atoms with Gasteiger partial charge in [-0.05, 0) is 31.4 Å². The molecule has 2 unspecified atom stereocenters. The van der Waals surface area contributed by atoms with E-state index in [1.807, 2.05) is 12.1 Å². The van der Waals surface area contributed by atoms with Crippen molar-refractivity contribution in [2.75, 3.05) is 0 Å². The topological polar surface area (TPSA) is 20.2 Å². The second-order valence-electron chi connectivity index (χ2n) is 3.41. The van der Waals surface area contributed by atoms with Crippen molar-refractivity contribution >= 4 is 0 Å². The lowest BCUT2D eigenvalue weighted by atomic mass is 10.0. The summed E-state index contributed by atoms with van der Waals surface area (Å²) in [7, 11) is 0. The molecule has 1 rings (SSSR count). The molecule has 72 valence electrons. The fraction of sp³-hybridized carbons (Fsp3) is 0.455. The highest BCUT2D eigenvalue weighted by atomic mass is 19.1. The van der Waals surface area contributed by atoms with Crippen LogP contribution in [0, 0.1) is 0 Å². The smallest absolute Gasteiger partial charge is 0.122 e. The fourth-order valence-corrected chi connectivity index (χ4v) is 1.31.